The summed E-state index contributed by atoms with van der Waals surface area (Å²) < 4.78 is 34.0. The van der Waals surface area contributed by atoms with E-state index >= 15 is 0 Å². The van der Waals surface area contributed by atoms with Gasteiger partial charge in [-0.05, 0) is 72.5 Å². The van der Waals surface area contributed by atoms with E-state index in [2.05, 4.69) is 22.2 Å². The first-order valence-electron chi connectivity index (χ1n) is 10.6. The molecule has 0 aromatic heterocycles. The molecule has 0 amide bonds. The van der Waals surface area contributed by atoms with Crippen LogP contribution in [0.1, 0.15) is 29.5 Å². The van der Waals surface area contributed by atoms with Gasteiger partial charge < -0.3 is 10.1 Å². The molecule has 5 rings (SSSR count). The Morgan fingerprint density at radius 3 is 2.45 bits per heavy atom. The number of hydrogen-bond donors (Lipinski definition) is 2. The van der Waals surface area contributed by atoms with Crippen molar-refractivity contribution < 1.29 is 13.2 Å². The van der Waals surface area contributed by atoms with Gasteiger partial charge in [-0.15, -0.1) is 0 Å². The van der Waals surface area contributed by atoms with Crippen LogP contribution in [0.5, 0.6) is 5.75 Å². The number of benzene rings is 3. The standard InChI is InChI=1S/C25H22Cl2N2O3S/c1-32-16-10-8-15(9-11-16)29-33(30,31)17-12-13-23-20(14-17)18-4-2-5-19(18)25(28-23)24-21(26)6-3-7-22(24)27/h2-4,6-14,18-19,25,28-29H,5H2,1H3/t18-,19+,25-/m0/s1. The van der Waals surface area contributed by atoms with Crippen LogP contribution in [0.25, 0.3) is 0 Å². The van der Waals surface area contributed by atoms with E-state index in [0.29, 0.717) is 21.5 Å². The number of sulfonamides is 1. The Balaban J connectivity index is 1.49. The molecule has 0 saturated heterocycles. The minimum Gasteiger partial charge on any atom is -0.497 e. The van der Waals surface area contributed by atoms with Crippen molar-refractivity contribution in [3.05, 3.63) is 94.0 Å². The van der Waals surface area contributed by atoms with Gasteiger partial charge in [0, 0.05) is 32.9 Å². The van der Waals surface area contributed by atoms with Gasteiger partial charge >= 0.3 is 0 Å². The number of halogens is 2. The van der Waals surface area contributed by atoms with E-state index in [9.17, 15) is 8.42 Å². The second-order valence-electron chi connectivity index (χ2n) is 8.19. The normalized spacial score (nSPS) is 21.1. The molecular formula is C25H22Cl2N2O3S. The van der Waals surface area contributed by atoms with Gasteiger partial charge in [0.2, 0.25) is 0 Å². The molecule has 3 aromatic rings. The van der Waals surface area contributed by atoms with Gasteiger partial charge in [-0.3, -0.25) is 4.72 Å². The van der Waals surface area contributed by atoms with Crippen LogP contribution >= 0.6 is 23.2 Å². The molecule has 0 fully saturated rings. The fourth-order valence-electron chi connectivity index (χ4n) is 4.71. The summed E-state index contributed by atoms with van der Waals surface area (Å²) >= 11 is 13.0. The highest BCUT2D eigenvalue weighted by Crippen LogP contribution is 2.52. The van der Waals surface area contributed by atoms with Gasteiger partial charge in [-0.2, -0.15) is 0 Å². The highest BCUT2D eigenvalue weighted by molar-refractivity contribution is 7.92. The Morgan fingerprint density at radius 1 is 1.03 bits per heavy atom. The van der Waals surface area contributed by atoms with Gasteiger partial charge in [0.25, 0.3) is 10.0 Å². The molecule has 170 valence electrons. The molecule has 0 saturated carbocycles. The monoisotopic (exact) mass is 500 g/mol. The van der Waals surface area contributed by atoms with Gasteiger partial charge in [0.1, 0.15) is 5.75 Å². The van der Waals surface area contributed by atoms with E-state index in [0.717, 1.165) is 23.2 Å². The van der Waals surface area contributed by atoms with Crippen LogP contribution < -0.4 is 14.8 Å². The first-order valence-corrected chi connectivity index (χ1v) is 12.8. The lowest BCUT2D eigenvalue weighted by Gasteiger charge is -2.38. The maximum Gasteiger partial charge on any atom is 0.261 e. The Bertz CT molecular complexity index is 1320. The van der Waals surface area contributed by atoms with E-state index in [1.165, 1.54) is 0 Å². The summed E-state index contributed by atoms with van der Waals surface area (Å²) in [6.07, 6.45) is 5.14. The second-order valence-corrected chi connectivity index (χ2v) is 10.7. The lowest BCUT2D eigenvalue weighted by molar-refractivity contribution is 0.415. The van der Waals surface area contributed by atoms with Crippen molar-refractivity contribution in [2.24, 2.45) is 5.92 Å². The summed E-state index contributed by atoms with van der Waals surface area (Å²) in [7, 11) is -2.19. The van der Waals surface area contributed by atoms with E-state index < -0.39 is 10.0 Å². The summed E-state index contributed by atoms with van der Waals surface area (Å²) in [5.41, 5.74) is 3.18. The molecule has 5 nitrogen and oxygen atoms in total. The third-order valence-corrected chi connectivity index (χ3v) is 8.34. The van der Waals surface area contributed by atoms with Gasteiger partial charge in [0.05, 0.1) is 18.0 Å². The van der Waals surface area contributed by atoms with Crippen molar-refractivity contribution in [1.82, 2.24) is 0 Å². The average Bonchev–Trinajstić information content (AvgIpc) is 3.29. The van der Waals surface area contributed by atoms with E-state index in [4.69, 9.17) is 27.9 Å². The summed E-state index contributed by atoms with van der Waals surface area (Å²) in [6.45, 7) is 0. The summed E-state index contributed by atoms with van der Waals surface area (Å²) in [6, 6.07) is 17.4. The molecule has 0 radical (unpaired) electrons. The third-order valence-electron chi connectivity index (χ3n) is 6.30. The Morgan fingerprint density at radius 2 is 1.76 bits per heavy atom. The maximum absolute atomic E-state index is 13.1. The van der Waals surface area contributed by atoms with Crippen LogP contribution in [0, 0.1) is 5.92 Å². The topological polar surface area (TPSA) is 67.4 Å². The molecule has 1 heterocycles. The number of hydrogen-bond acceptors (Lipinski definition) is 4. The second kappa shape index (κ2) is 8.60. The minimum atomic E-state index is -3.76. The number of allylic oxidation sites excluding steroid dienone is 2. The van der Waals surface area contributed by atoms with E-state index in [1.807, 2.05) is 24.3 Å². The number of nitrogens with one attached hydrogen (secondary N) is 2. The number of fused-ring (bicyclic) bond motifs is 3. The third kappa shape index (κ3) is 4.07. The Labute approximate surface area is 203 Å². The fourth-order valence-corrected chi connectivity index (χ4v) is 6.43. The molecule has 2 aliphatic rings. The zero-order chi connectivity index (χ0) is 23.2. The zero-order valence-electron chi connectivity index (χ0n) is 17.8. The molecule has 1 aliphatic heterocycles. The first-order chi connectivity index (χ1) is 15.9. The lowest BCUT2D eigenvalue weighted by atomic mass is 9.77. The van der Waals surface area contributed by atoms with Crippen LogP contribution in [0.3, 0.4) is 0 Å². The van der Waals surface area contributed by atoms with E-state index in [-0.39, 0.29) is 22.8 Å². The van der Waals surface area contributed by atoms with Crippen LogP contribution in [0.2, 0.25) is 10.0 Å². The van der Waals surface area contributed by atoms with Crippen molar-refractivity contribution in [1.29, 1.82) is 0 Å². The Hall–Kier alpha value is -2.67. The van der Waals surface area contributed by atoms with Crippen molar-refractivity contribution >= 4 is 44.6 Å². The van der Waals surface area contributed by atoms with E-state index in [1.54, 1.807) is 43.5 Å². The first kappa shape index (κ1) is 22.1. The SMILES string of the molecule is COc1ccc(NS(=O)(=O)c2ccc3c(c2)[C@H]2C=CC[C@H]2[C@@H](c2c(Cl)cccc2Cl)N3)cc1. The lowest BCUT2D eigenvalue weighted by Crippen LogP contribution is -2.29. The van der Waals surface area contributed by atoms with Crippen molar-refractivity contribution in [3.8, 4) is 5.75 Å². The van der Waals surface area contributed by atoms with Crippen LogP contribution in [-0.2, 0) is 10.0 Å². The molecule has 8 heteroatoms. The smallest absolute Gasteiger partial charge is 0.261 e. The Kier molecular flexibility index (Phi) is 5.77. The van der Waals surface area contributed by atoms with Crippen LogP contribution in [0.4, 0.5) is 11.4 Å². The van der Waals surface area contributed by atoms with Crippen molar-refractivity contribution in [2.45, 2.75) is 23.3 Å². The zero-order valence-corrected chi connectivity index (χ0v) is 20.1. The number of methoxy groups -OCH3 is 1. The summed E-state index contributed by atoms with van der Waals surface area (Å²) in [5.74, 6) is 0.905. The molecule has 0 spiro atoms. The average molecular weight is 501 g/mol. The molecule has 33 heavy (non-hydrogen) atoms. The summed E-state index contributed by atoms with van der Waals surface area (Å²) in [5, 5.41) is 4.81. The van der Waals surface area contributed by atoms with Gasteiger partial charge in [-0.25, -0.2) is 8.42 Å². The molecule has 3 aromatic carbocycles. The largest absolute Gasteiger partial charge is 0.497 e. The molecule has 0 unspecified atom stereocenters. The minimum absolute atomic E-state index is 0.0646. The number of anilines is 2. The number of rotatable bonds is 5. The molecular weight excluding hydrogens is 479 g/mol. The number of ether oxygens (including phenoxy) is 1. The molecule has 3 atom stereocenters. The van der Waals surface area contributed by atoms with Gasteiger partial charge in [0.15, 0.2) is 0 Å². The molecule has 2 N–H and O–H groups in total. The van der Waals surface area contributed by atoms with Crippen molar-refractivity contribution in [2.75, 3.05) is 17.1 Å². The maximum atomic E-state index is 13.1. The fraction of sp³-hybridized carbons (Fsp3) is 0.200. The van der Waals surface area contributed by atoms with Crippen molar-refractivity contribution in [3.63, 3.8) is 0 Å². The quantitative estimate of drug-likeness (QED) is 0.385. The highest BCUT2D eigenvalue weighted by atomic mass is 35.5. The molecule has 1 aliphatic carbocycles. The molecule has 0 bridgehead atoms. The van der Waals surface area contributed by atoms with Crippen LogP contribution in [0.15, 0.2) is 77.7 Å². The van der Waals surface area contributed by atoms with Gasteiger partial charge in [-0.1, -0.05) is 41.4 Å². The predicted octanol–water partition coefficient (Wildman–Crippen LogP) is 6.63. The van der Waals surface area contributed by atoms with Crippen LogP contribution in [-0.4, -0.2) is 15.5 Å². The summed E-state index contributed by atoms with van der Waals surface area (Å²) in [4.78, 5) is 0.215. The highest BCUT2D eigenvalue weighted by Gasteiger charge is 2.40. The predicted molar refractivity (Wildman–Crippen MR) is 133 cm³/mol.